The van der Waals surface area contributed by atoms with Crippen LogP contribution in [-0.4, -0.2) is 33.3 Å². The van der Waals surface area contributed by atoms with Gasteiger partial charge in [0.25, 0.3) is 5.91 Å². The molecule has 2 rings (SSSR count). The minimum absolute atomic E-state index is 0.171. The van der Waals surface area contributed by atoms with Gasteiger partial charge in [-0.3, -0.25) is 9.59 Å². The molecule has 2 aromatic rings. The van der Waals surface area contributed by atoms with Crippen molar-refractivity contribution in [3.63, 3.8) is 0 Å². The quantitative estimate of drug-likeness (QED) is 0.656. The summed E-state index contributed by atoms with van der Waals surface area (Å²) in [6.45, 7) is 0.607. The van der Waals surface area contributed by atoms with Crippen molar-refractivity contribution in [3.05, 3.63) is 48.3 Å². The van der Waals surface area contributed by atoms with Gasteiger partial charge in [-0.2, -0.15) is 5.10 Å². The summed E-state index contributed by atoms with van der Waals surface area (Å²) in [4.78, 5) is 22.4. The first kappa shape index (κ1) is 17.7. The normalized spacial score (nSPS) is 10.5. The smallest absolute Gasteiger partial charge is 0.303 e. The van der Waals surface area contributed by atoms with E-state index in [1.54, 1.807) is 16.9 Å². The van der Waals surface area contributed by atoms with Crippen LogP contribution < -0.4 is 5.32 Å². The molecule has 0 saturated heterocycles. The Labute approximate surface area is 141 Å². The number of aliphatic carboxylic acids is 1. The maximum atomic E-state index is 12.0. The van der Waals surface area contributed by atoms with Crippen molar-refractivity contribution in [2.24, 2.45) is 0 Å². The molecular formula is C18H23N3O3. The number of aromatic nitrogens is 2. The summed E-state index contributed by atoms with van der Waals surface area (Å²) < 4.78 is 1.68. The lowest BCUT2D eigenvalue weighted by Crippen LogP contribution is -2.25. The van der Waals surface area contributed by atoms with Gasteiger partial charge >= 0.3 is 5.97 Å². The molecule has 0 bridgehead atoms. The van der Waals surface area contributed by atoms with E-state index in [1.165, 1.54) is 0 Å². The van der Waals surface area contributed by atoms with E-state index in [1.807, 2.05) is 30.3 Å². The van der Waals surface area contributed by atoms with E-state index < -0.39 is 5.97 Å². The van der Waals surface area contributed by atoms with Crippen molar-refractivity contribution in [2.75, 3.05) is 6.54 Å². The highest BCUT2D eigenvalue weighted by Crippen LogP contribution is 2.07. The first-order valence-electron chi connectivity index (χ1n) is 8.28. The third-order valence-corrected chi connectivity index (χ3v) is 3.70. The van der Waals surface area contributed by atoms with Gasteiger partial charge in [-0.15, -0.1) is 0 Å². The molecule has 1 heterocycles. The second-order valence-electron chi connectivity index (χ2n) is 5.65. The van der Waals surface area contributed by atoms with Crippen molar-refractivity contribution in [2.45, 2.75) is 38.5 Å². The molecular weight excluding hydrogens is 306 g/mol. The minimum atomic E-state index is -0.739. The van der Waals surface area contributed by atoms with Gasteiger partial charge in [0.1, 0.15) is 0 Å². The predicted octanol–water partition coefficient (Wildman–Crippen LogP) is 3.03. The molecule has 6 heteroatoms. The third kappa shape index (κ3) is 5.87. The van der Waals surface area contributed by atoms with Crippen LogP contribution in [0, 0.1) is 0 Å². The Kier molecular flexibility index (Phi) is 7.01. The van der Waals surface area contributed by atoms with Crippen LogP contribution in [0.2, 0.25) is 0 Å². The number of benzene rings is 1. The number of carbonyl (C=O) groups is 2. The fourth-order valence-corrected chi connectivity index (χ4v) is 2.39. The van der Waals surface area contributed by atoms with Gasteiger partial charge in [-0.25, -0.2) is 4.68 Å². The maximum Gasteiger partial charge on any atom is 0.303 e. The summed E-state index contributed by atoms with van der Waals surface area (Å²) in [5, 5.41) is 15.7. The summed E-state index contributed by atoms with van der Waals surface area (Å²) in [6, 6.07) is 11.3. The molecule has 0 spiro atoms. The zero-order chi connectivity index (χ0) is 17.2. The molecule has 0 radical (unpaired) electrons. The largest absolute Gasteiger partial charge is 0.481 e. The van der Waals surface area contributed by atoms with Crippen molar-refractivity contribution in [1.29, 1.82) is 0 Å². The number of hydrogen-bond acceptors (Lipinski definition) is 3. The number of nitrogens with one attached hydrogen (secondary N) is 1. The summed E-state index contributed by atoms with van der Waals surface area (Å²) >= 11 is 0. The highest BCUT2D eigenvalue weighted by molar-refractivity contribution is 5.92. The third-order valence-electron chi connectivity index (χ3n) is 3.70. The van der Waals surface area contributed by atoms with Crippen LogP contribution in [0.25, 0.3) is 5.69 Å². The topological polar surface area (TPSA) is 84.2 Å². The molecule has 6 nitrogen and oxygen atoms in total. The van der Waals surface area contributed by atoms with Gasteiger partial charge in [-0.1, -0.05) is 37.5 Å². The lowest BCUT2D eigenvalue weighted by atomic mass is 10.1. The second-order valence-corrected chi connectivity index (χ2v) is 5.65. The van der Waals surface area contributed by atoms with E-state index in [0.717, 1.165) is 37.8 Å². The lowest BCUT2D eigenvalue weighted by molar-refractivity contribution is -0.137. The molecule has 0 aliphatic rings. The fraction of sp³-hybridized carbons (Fsp3) is 0.389. The van der Waals surface area contributed by atoms with Crippen molar-refractivity contribution in [3.8, 4) is 5.69 Å². The maximum absolute atomic E-state index is 12.0. The van der Waals surface area contributed by atoms with Crippen LogP contribution in [0.5, 0.6) is 0 Å². The Morgan fingerprint density at radius 1 is 1.00 bits per heavy atom. The molecule has 1 aromatic carbocycles. The first-order valence-corrected chi connectivity index (χ1v) is 8.28. The summed E-state index contributed by atoms with van der Waals surface area (Å²) in [5.41, 5.74) is 1.32. The Bertz CT molecular complexity index is 653. The van der Waals surface area contributed by atoms with Crippen molar-refractivity contribution >= 4 is 11.9 Å². The molecule has 0 saturated carbocycles. The average molecular weight is 329 g/mol. The van der Waals surface area contributed by atoms with E-state index >= 15 is 0 Å². The fourth-order valence-electron chi connectivity index (χ4n) is 2.39. The van der Waals surface area contributed by atoms with Crippen LogP contribution in [0.1, 0.15) is 49.0 Å². The standard InChI is InChI=1S/C18H23N3O3/c22-17(23)11-7-2-1-3-8-13-19-18(24)16-12-14-21(20-16)15-9-5-4-6-10-15/h4-6,9-10,12,14H,1-3,7-8,11,13H2,(H,19,24)(H,22,23). The van der Waals surface area contributed by atoms with Gasteiger partial charge in [0, 0.05) is 19.2 Å². The molecule has 0 atom stereocenters. The number of nitrogens with zero attached hydrogens (tertiary/aromatic N) is 2. The number of rotatable bonds is 10. The summed E-state index contributed by atoms with van der Waals surface area (Å²) in [6.07, 6.45) is 6.51. The summed E-state index contributed by atoms with van der Waals surface area (Å²) in [7, 11) is 0. The highest BCUT2D eigenvalue weighted by Gasteiger charge is 2.09. The van der Waals surface area contributed by atoms with Gasteiger partial charge in [0.2, 0.25) is 0 Å². The van der Waals surface area contributed by atoms with Gasteiger partial charge in [0.05, 0.1) is 5.69 Å². The highest BCUT2D eigenvalue weighted by atomic mass is 16.4. The molecule has 0 fully saturated rings. The molecule has 1 aromatic heterocycles. The van der Waals surface area contributed by atoms with Crippen LogP contribution in [0.15, 0.2) is 42.6 Å². The molecule has 0 aliphatic heterocycles. The first-order chi connectivity index (χ1) is 11.7. The molecule has 128 valence electrons. The number of carboxylic acids is 1. The predicted molar refractivity (Wildman–Crippen MR) is 91.2 cm³/mol. The SMILES string of the molecule is O=C(O)CCCCCCCNC(=O)c1ccn(-c2ccccc2)n1. The monoisotopic (exact) mass is 329 g/mol. The average Bonchev–Trinajstić information content (AvgIpc) is 3.08. The lowest BCUT2D eigenvalue weighted by Gasteiger charge is -2.04. The zero-order valence-corrected chi connectivity index (χ0v) is 13.6. The number of para-hydroxylation sites is 1. The number of amides is 1. The molecule has 2 N–H and O–H groups in total. The second kappa shape index (κ2) is 9.50. The summed E-state index contributed by atoms with van der Waals surface area (Å²) in [5.74, 6) is -0.909. The Morgan fingerprint density at radius 3 is 2.46 bits per heavy atom. The zero-order valence-electron chi connectivity index (χ0n) is 13.6. The Morgan fingerprint density at radius 2 is 1.71 bits per heavy atom. The minimum Gasteiger partial charge on any atom is -0.481 e. The van der Waals surface area contributed by atoms with E-state index in [4.69, 9.17) is 5.11 Å². The van der Waals surface area contributed by atoms with E-state index in [0.29, 0.717) is 12.2 Å². The van der Waals surface area contributed by atoms with Gasteiger partial charge < -0.3 is 10.4 Å². The van der Waals surface area contributed by atoms with E-state index in [-0.39, 0.29) is 12.3 Å². The number of hydrogen-bond donors (Lipinski definition) is 2. The number of carbonyl (C=O) groups excluding carboxylic acids is 1. The number of carboxylic acid groups (broad SMARTS) is 1. The van der Waals surface area contributed by atoms with Crippen LogP contribution in [0.4, 0.5) is 0 Å². The molecule has 0 aliphatic carbocycles. The van der Waals surface area contributed by atoms with Gasteiger partial charge in [-0.05, 0) is 31.0 Å². The van der Waals surface area contributed by atoms with Gasteiger partial charge in [0.15, 0.2) is 5.69 Å². The van der Waals surface area contributed by atoms with Crippen LogP contribution in [0.3, 0.4) is 0 Å². The molecule has 0 unspecified atom stereocenters. The van der Waals surface area contributed by atoms with Crippen LogP contribution >= 0.6 is 0 Å². The molecule has 24 heavy (non-hydrogen) atoms. The van der Waals surface area contributed by atoms with Crippen molar-refractivity contribution in [1.82, 2.24) is 15.1 Å². The Balaban J connectivity index is 1.65. The Hall–Kier alpha value is -2.63. The van der Waals surface area contributed by atoms with E-state index in [9.17, 15) is 9.59 Å². The van der Waals surface area contributed by atoms with Crippen molar-refractivity contribution < 1.29 is 14.7 Å². The van der Waals surface area contributed by atoms with Crippen LogP contribution in [-0.2, 0) is 4.79 Å². The number of unbranched alkanes of at least 4 members (excludes halogenated alkanes) is 4. The van der Waals surface area contributed by atoms with E-state index in [2.05, 4.69) is 10.4 Å². The molecule has 1 amide bonds.